The molecule has 2 rings (SSSR count). The molecule has 1 aromatic rings. The van der Waals surface area contributed by atoms with Crippen LogP contribution in [-0.4, -0.2) is 30.3 Å². The lowest BCUT2D eigenvalue weighted by Gasteiger charge is -2.26. The van der Waals surface area contributed by atoms with Crippen molar-refractivity contribution in [2.75, 3.05) is 13.6 Å². The van der Waals surface area contributed by atoms with Crippen LogP contribution < -0.4 is 5.32 Å². The van der Waals surface area contributed by atoms with Gasteiger partial charge < -0.3 is 10.2 Å². The number of amides is 2. The van der Waals surface area contributed by atoms with Gasteiger partial charge in [-0.25, -0.2) is 0 Å². The van der Waals surface area contributed by atoms with Gasteiger partial charge in [0.05, 0.1) is 5.92 Å². The SMILES string of the molecule is CN(Cc1cc(Cl)cc(Cl)c1)C(=O)C1CCC(=O)NC1. The Labute approximate surface area is 128 Å². The number of hydrogen-bond donors (Lipinski definition) is 1. The van der Waals surface area contributed by atoms with Crippen molar-refractivity contribution in [1.29, 1.82) is 0 Å². The second kappa shape index (κ2) is 6.46. The molecule has 1 aliphatic heterocycles. The highest BCUT2D eigenvalue weighted by Crippen LogP contribution is 2.21. The van der Waals surface area contributed by atoms with E-state index < -0.39 is 0 Å². The summed E-state index contributed by atoms with van der Waals surface area (Å²) in [6, 6.07) is 5.24. The Morgan fingerprint density at radius 2 is 2.00 bits per heavy atom. The zero-order chi connectivity index (χ0) is 14.7. The van der Waals surface area contributed by atoms with E-state index in [1.807, 2.05) is 0 Å². The number of carbonyl (C=O) groups is 2. The van der Waals surface area contributed by atoms with Crippen LogP contribution in [0.3, 0.4) is 0 Å². The Bertz CT molecular complexity index is 504. The van der Waals surface area contributed by atoms with Crippen LogP contribution in [0.2, 0.25) is 10.0 Å². The van der Waals surface area contributed by atoms with Crippen molar-refractivity contribution < 1.29 is 9.59 Å². The normalized spacial score (nSPS) is 18.6. The van der Waals surface area contributed by atoms with Gasteiger partial charge in [0.15, 0.2) is 0 Å². The fourth-order valence-corrected chi connectivity index (χ4v) is 2.88. The number of nitrogens with one attached hydrogen (secondary N) is 1. The molecule has 4 nitrogen and oxygen atoms in total. The molecule has 1 aromatic carbocycles. The molecule has 1 saturated heterocycles. The zero-order valence-corrected chi connectivity index (χ0v) is 12.7. The quantitative estimate of drug-likeness (QED) is 0.931. The predicted octanol–water partition coefficient (Wildman–Crippen LogP) is 2.48. The Kier molecular flexibility index (Phi) is 4.89. The van der Waals surface area contributed by atoms with E-state index in [9.17, 15) is 9.59 Å². The number of piperidine rings is 1. The van der Waals surface area contributed by atoms with Gasteiger partial charge in [-0.3, -0.25) is 9.59 Å². The van der Waals surface area contributed by atoms with Crippen LogP contribution in [0.1, 0.15) is 18.4 Å². The maximum Gasteiger partial charge on any atom is 0.227 e. The molecule has 0 aliphatic carbocycles. The lowest BCUT2D eigenvalue weighted by Crippen LogP contribution is -2.43. The van der Waals surface area contributed by atoms with Gasteiger partial charge in [-0.05, 0) is 30.2 Å². The van der Waals surface area contributed by atoms with Gasteiger partial charge in [-0.1, -0.05) is 23.2 Å². The average Bonchev–Trinajstić information content (AvgIpc) is 2.37. The first kappa shape index (κ1) is 15.1. The van der Waals surface area contributed by atoms with Crippen LogP contribution in [0.25, 0.3) is 0 Å². The molecule has 1 fully saturated rings. The highest BCUT2D eigenvalue weighted by Gasteiger charge is 2.26. The molecular weight excluding hydrogens is 299 g/mol. The molecule has 1 heterocycles. The van der Waals surface area contributed by atoms with Gasteiger partial charge in [-0.15, -0.1) is 0 Å². The molecule has 1 atom stereocenters. The molecule has 1 unspecified atom stereocenters. The number of halogens is 2. The van der Waals surface area contributed by atoms with E-state index in [-0.39, 0.29) is 17.7 Å². The van der Waals surface area contributed by atoms with E-state index in [1.54, 1.807) is 30.1 Å². The van der Waals surface area contributed by atoms with Crippen molar-refractivity contribution in [1.82, 2.24) is 10.2 Å². The van der Waals surface area contributed by atoms with E-state index in [4.69, 9.17) is 23.2 Å². The summed E-state index contributed by atoms with van der Waals surface area (Å²) in [6.45, 7) is 0.863. The van der Waals surface area contributed by atoms with Crippen molar-refractivity contribution in [2.24, 2.45) is 5.92 Å². The molecule has 1 N–H and O–H groups in total. The first-order chi connectivity index (χ1) is 9.45. The number of hydrogen-bond acceptors (Lipinski definition) is 2. The highest BCUT2D eigenvalue weighted by molar-refractivity contribution is 6.34. The molecule has 1 aliphatic rings. The Balaban J connectivity index is 1.98. The lowest BCUT2D eigenvalue weighted by molar-refractivity contribution is -0.136. The molecule has 0 spiro atoms. The number of nitrogens with zero attached hydrogens (tertiary/aromatic N) is 1. The van der Waals surface area contributed by atoms with Gasteiger partial charge in [0.1, 0.15) is 0 Å². The van der Waals surface area contributed by atoms with Crippen LogP contribution in [0.4, 0.5) is 0 Å². The third kappa shape index (κ3) is 3.87. The molecule has 0 radical (unpaired) electrons. The van der Waals surface area contributed by atoms with Crippen molar-refractivity contribution in [3.63, 3.8) is 0 Å². The third-order valence-electron chi connectivity index (χ3n) is 3.33. The van der Waals surface area contributed by atoms with Crippen LogP contribution in [0.15, 0.2) is 18.2 Å². The standard InChI is InChI=1S/C14H16Cl2N2O2/c1-18(8-9-4-11(15)6-12(16)5-9)14(20)10-2-3-13(19)17-7-10/h4-6,10H,2-3,7-8H2,1H3,(H,17,19). The topological polar surface area (TPSA) is 49.4 Å². The fourth-order valence-electron chi connectivity index (χ4n) is 2.31. The smallest absolute Gasteiger partial charge is 0.227 e. The molecule has 0 saturated carbocycles. The molecule has 0 bridgehead atoms. The van der Waals surface area contributed by atoms with E-state index in [1.165, 1.54) is 0 Å². The second-order valence-corrected chi connectivity index (χ2v) is 5.88. The minimum Gasteiger partial charge on any atom is -0.355 e. The molecular formula is C14H16Cl2N2O2. The number of benzene rings is 1. The summed E-state index contributed by atoms with van der Waals surface area (Å²) in [5, 5.41) is 3.83. The maximum absolute atomic E-state index is 12.3. The zero-order valence-electron chi connectivity index (χ0n) is 11.2. The highest BCUT2D eigenvalue weighted by atomic mass is 35.5. The summed E-state index contributed by atoms with van der Waals surface area (Å²) >= 11 is 11.9. The van der Waals surface area contributed by atoms with E-state index in [0.717, 1.165) is 5.56 Å². The van der Waals surface area contributed by atoms with E-state index in [0.29, 0.717) is 36.0 Å². The van der Waals surface area contributed by atoms with E-state index >= 15 is 0 Å². The Morgan fingerprint density at radius 1 is 1.35 bits per heavy atom. The predicted molar refractivity (Wildman–Crippen MR) is 78.7 cm³/mol. The average molecular weight is 315 g/mol. The van der Waals surface area contributed by atoms with Gasteiger partial charge >= 0.3 is 0 Å². The molecule has 6 heteroatoms. The number of carbonyl (C=O) groups excluding carboxylic acids is 2. The first-order valence-electron chi connectivity index (χ1n) is 6.42. The van der Waals surface area contributed by atoms with Crippen LogP contribution in [0, 0.1) is 5.92 Å². The van der Waals surface area contributed by atoms with E-state index in [2.05, 4.69) is 5.32 Å². The van der Waals surface area contributed by atoms with Crippen molar-refractivity contribution >= 4 is 35.0 Å². The summed E-state index contributed by atoms with van der Waals surface area (Å²) in [5.41, 5.74) is 0.887. The maximum atomic E-state index is 12.3. The van der Waals surface area contributed by atoms with Gasteiger partial charge in [0, 0.05) is 36.6 Å². The summed E-state index contributed by atoms with van der Waals surface area (Å²) in [7, 11) is 1.74. The minimum absolute atomic E-state index is 0.0123. The van der Waals surface area contributed by atoms with Crippen LogP contribution in [-0.2, 0) is 16.1 Å². The minimum atomic E-state index is -0.146. The van der Waals surface area contributed by atoms with Crippen LogP contribution in [0.5, 0.6) is 0 Å². The molecule has 0 aromatic heterocycles. The molecule has 2 amide bonds. The Hall–Kier alpha value is -1.26. The lowest BCUT2D eigenvalue weighted by atomic mass is 9.97. The Morgan fingerprint density at radius 3 is 2.55 bits per heavy atom. The third-order valence-corrected chi connectivity index (χ3v) is 3.77. The summed E-state index contributed by atoms with van der Waals surface area (Å²) in [6.07, 6.45) is 1.01. The largest absolute Gasteiger partial charge is 0.355 e. The monoisotopic (exact) mass is 314 g/mol. The molecule has 108 valence electrons. The first-order valence-corrected chi connectivity index (χ1v) is 7.18. The second-order valence-electron chi connectivity index (χ2n) is 5.01. The van der Waals surface area contributed by atoms with Crippen molar-refractivity contribution in [2.45, 2.75) is 19.4 Å². The fraction of sp³-hybridized carbons (Fsp3) is 0.429. The van der Waals surface area contributed by atoms with Crippen molar-refractivity contribution in [3.8, 4) is 0 Å². The summed E-state index contributed by atoms with van der Waals surface area (Å²) in [4.78, 5) is 25.0. The number of rotatable bonds is 3. The molecule has 20 heavy (non-hydrogen) atoms. The van der Waals surface area contributed by atoms with Gasteiger partial charge in [-0.2, -0.15) is 0 Å². The van der Waals surface area contributed by atoms with Gasteiger partial charge in [0.2, 0.25) is 11.8 Å². The van der Waals surface area contributed by atoms with Crippen molar-refractivity contribution in [3.05, 3.63) is 33.8 Å². The summed E-state index contributed by atoms with van der Waals surface area (Å²) in [5.74, 6) is -0.105. The summed E-state index contributed by atoms with van der Waals surface area (Å²) < 4.78 is 0. The van der Waals surface area contributed by atoms with Gasteiger partial charge in [0.25, 0.3) is 0 Å². The van der Waals surface area contributed by atoms with Crippen LogP contribution >= 0.6 is 23.2 Å².